The Kier molecular flexibility index (Phi) is 4.92. The van der Waals surface area contributed by atoms with Crippen LogP contribution in [0.2, 0.25) is 0 Å². The number of hydrogen-bond donors (Lipinski definition) is 2. The van der Waals surface area contributed by atoms with Gasteiger partial charge in [-0.3, -0.25) is 9.80 Å². The van der Waals surface area contributed by atoms with Gasteiger partial charge in [-0.2, -0.15) is 5.10 Å². The van der Waals surface area contributed by atoms with Gasteiger partial charge >= 0.3 is 5.97 Å². The summed E-state index contributed by atoms with van der Waals surface area (Å²) in [4.78, 5) is 23.3. The number of allylic oxidation sites excluding steroid dienone is 3. The van der Waals surface area contributed by atoms with Gasteiger partial charge in [0.2, 0.25) is 11.5 Å². The van der Waals surface area contributed by atoms with E-state index in [9.17, 15) is 14.7 Å². The maximum atomic E-state index is 11.8. The SMILES string of the molecule is O=C(O)C1=NN(CC2(C3=CC(Br)CC=C3)CCCC2)CC(O)C1=O. The number of aliphatic hydroxyl groups is 1. The quantitative estimate of drug-likeness (QED) is 0.708. The lowest BCUT2D eigenvalue weighted by atomic mass is 9.76. The van der Waals surface area contributed by atoms with Gasteiger partial charge in [0.15, 0.2) is 0 Å². The molecule has 0 saturated heterocycles. The average Bonchev–Trinajstić information content (AvgIpc) is 3.00. The fraction of sp³-hybridized carbons (Fsp3) is 0.588. The summed E-state index contributed by atoms with van der Waals surface area (Å²) in [5.41, 5.74) is 0.566. The van der Waals surface area contributed by atoms with Gasteiger partial charge in [-0.1, -0.05) is 47.0 Å². The van der Waals surface area contributed by atoms with Gasteiger partial charge in [-0.25, -0.2) is 4.79 Å². The summed E-state index contributed by atoms with van der Waals surface area (Å²) in [5, 5.41) is 24.6. The molecule has 1 fully saturated rings. The Morgan fingerprint density at radius 3 is 2.75 bits per heavy atom. The first-order chi connectivity index (χ1) is 11.4. The Bertz CT molecular complexity index is 635. The van der Waals surface area contributed by atoms with E-state index in [0.29, 0.717) is 11.4 Å². The standard InChI is InChI=1S/C17H21BrN2O4/c18-12-5-3-4-11(8-12)17(6-1-2-7-17)10-20-9-13(21)15(22)14(19-20)16(23)24/h3-4,8,12-13,21H,1-2,5-7,9-10H2,(H,23,24). The van der Waals surface area contributed by atoms with Crippen molar-refractivity contribution < 1.29 is 19.8 Å². The fourth-order valence-corrected chi connectivity index (χ4v) is 4.36. The molecule has 1 heterocycles. The van der Waals surface area contributed by atoms with Crippen molar-refractivity contribution in [3.63, 3.8) is 0 Å². The Balaban J connectivity index is 1.88. The Labute approximate surface area is 149 Å². The molecule has 0 aromatic carbocycles. The number of hydrogen-bond acceptors (Lipinski definition) is 5. The third-order valence-electron chi connectivity index (χ3n) is 5.04. The number of carbonyl (C=O) groups excluding carboxylic acids is 1. The van der Waals surface area contributed by atoms with Crippen LogP contribution in [0.4, 0.5) is 0 Å². The van der Waals surface area contributed by atoms with Crippen LogP contribution < -0.4 is 0 Å². The number of aliphatic carboxylic acids is 1. The predicted molar refractivity (Wildman–Crippen MR) is 93.1 cm³/mol. The van der Waals surface area contributed by atoms with Crippen molar-refractivity contribution in [1.29, 1.82) is 0 Å². The van der Waals surface area contributed by atoms with E-state index in [1.807, 2.05) is 0 Å². The summed E-state index contributed by atoms with van der Waals surface area (Å²) in [6.45, 7) is 0.566. The van der Waals surface area contributed by atoms with Crippen LogP contribution in [0.15, 0.2) is 28.9 Å². The largest absolute Gasteiger partial charge is 0.476 e. The third-order valence-corrected chi connectivity index (χ3v) is 5.68. The molecule has 1 saturated carbocycles. The number of Topliss-reactive ketones (excluding diaryl/α,β-unsaturated/α-hetero) is 1. The van der Waals surface area contributed by atoms with E-state index in [1.54, 1.807) is 5.01 Å². The molecule has 2 unspecified atom stereocenters. The Morgan fingerprint density at radius 1 is 1.42 bits per heavy atom. The molecule has 24 heavy (non-hydrogen) atoms. The highest BCUT2D eigenvalue weighted by molar-refractivity contribution is 9.09. The summed E-state index contributed by atoms with van der Waals surface area (Å²) in [7, 11) is 0. The minimum Gasteiger partial charge on any atom is -0.476 e. The molecule has 3 rings (SSSR count). The van der Waals surface area contributed by atoms with Crippen LogP contribution in [0.5, 0.6) is 0 Å². The van der Waals surface area contributed by atoms with Crippen LogP contribution in [0.3, 0.4) is 0 Å². The molecule has 0 amide bonds. The maximum absolute atomic E-state index is 11.8. The van der Waals surface area contributed by atoms with E-state index >= 15 is 0 Å². The molecular formula is C17H21BrN2O4. The lowest BCUT2D eigenvalue weighted by Gasteiger charge is -2.38. The van der Waals surface area contributed by atoms with E-state index in [2.05, 4.69) is 39.3 Å². The molecular weight excluding hydrogens is 376 g/mol. The first-order valence-corrected chi connectivity index (χ1v) is 9.15. The highest BCUT2D eigenvalue weighted by Crippen LogP contribution is 2.47. The van der Waals surface area contributed by atoms with Crippen LogP contribution in [-0.4, -0.2) is 56.7 Å². The first kappa shape index (κ1) is 17.4. The summed E-state index contributed by atoms with van der Waals surface area (Å²) in [6.07, 6.45) is 10.4. The molecule has 6 nitrogen and oxygen atoms in total. The molecule has 0 spiro atoms. The van der Waals surface area contributed by atoms with Crippen LogP contribution in [0.1, 0.15) is 32.1 Å². The lowest BCUT2D eigenvalue weighted by Crippen LogP contribution is -2.49. The molecule has 0 aromatic rings. The van der Waals surface area contributed by atoms with E-state index < -0.39 is 23.6 Å². The number of nitrogens with zero attached hydrogens (tertiary/aromatic N) is 2. The van der Waals surface area contributed by atoms with Crippen LogP contribution in [0.25, 0.3) is 0 Å². The van der Waals surface area contributed by atoms with E-state index in [0.717, 1.165) is 32.1 Å². The molecule has 130 valence electrons. The van der Waals surface area contributed by atoms with Crippen LogP contribution >= 0.6 is 15.9 Å². The second kappa shape index (κ2) is 6.80. The minimum atomic E-state index is -1.39. The Morgan fingerprint density at radius 2 is 2.12 bits per heavy atom. The monoisotopic (exact) mass is 396 g/mol. The Hall–Kier alpha value is -1.47. The van der Waals surface area contributed by atoms with Gasteiger partial charge in [0.1, 0.15) is 6.10 Å². The zero-order chi connectivity index (χ0) is 17.3. The second-order valence-corrected chi connectivity index (χ2v) is 7.92. The van der Waals surface area contributed by atoms with Crippen molar-refractivity contribution in [1.82, 2.24) is 5.01 Å². The van der Waals surface area contributed by atoms with E-state index in [4.69, 9.17) is 5.11 Å². The first-order valence-electron chi connectivity index (χ1n) is 8.23. The van der Waals surface area contributed by atoms with Crippen molar-refractivity contribution in [2.75, 3.05) is 13.1 Å². The number of carboxylic acids is 1. The molecule has 2 N–H and O–H groups in total. The zero-order valence-electron chi connectivity index (χ0n) is 13.3. The summed E-state index contributed by atoms with van der Waals surface area (Å²) in [5.74, 6) is -2.20. The molecule has 0 bridgehead atoms. The summed E-state index contributed by atoms with van der Waals surface area (Å²) in [6, 6.07) is 0. The van der Waals surface area contributed by atoms with Gasteiger partial charge in [0, 0.05) is 16.8 Å². The fourth-order valence-electron chi connectivity index (χ4n) is 3.86. The number of aliphatic hydroxyl groups excluding tert-OH is 1. The van der Waals surface area contributed by atoms with Crippen molar-refractivity contribution in [3.8, 4) is 0 Å². The van der Waals surface area contributed by atoms with Gasteiger partial charge in [0.25, 0.3) is 0 Å². The molecule has 0 aromatic heterocycles. The second-order valence-electron chi connectivity index (χ2n) is 6.74. The molecule has 2 aliphatic carbocycles. The number of alkyl halides is 1. The predicted octanol–water partition coefficient (Wildman–Crippen LogP) is 1.88. The molecule has 2 atom stereocenters. The molecule has 3 aliphatic rings. The average molecular weight is 397 g/mol. The summed E-state index contributed by atoms with van der Waals surface area (Å²) >= 11 is 3.64. The van der Waals surface area contributed by atoms with Crippen LogP contribution in [0, 0.1) is 5.41 Å². The van der Waals surface area contributed by atoms with Crippen molar-refractivity contribution in [3.05, 3.63) is 23.8 Å². The minimum absolute atomic E-state index is 0.0477. The van der Waals surface area contributed by atoms with Gasteiger partial charge < -0.3 is 10.2 Å². The molecule has 1 aliphatic heterocycles. The van der Waals surface area contributed by atoms with Crippen LogP contribution in [-0.2, 0) is 9.59 Å². The van der Waals surface area contributed by atoms with E-state index in [-0.39, 0.29) is 12.0 Å². The van der Waals surface area contributed by atoms with Gasteiger partial charge in [-0.15, -0.1) is 0 Å². The number of hydrazone groups is 1. The number of halogens is 1. The van der Waals surface area contributed by atoms with Gasteiger partial charge in [-0.05, 0) is 24.8 Å². The number of carboxylic acid groups (broad SMARTS) is 1. The van der Waals surface area contributed by atoms with Crippen molar-refractivity contribution in [2.24, 2.45) is 10.5 Å². The zero-order valence-corrected chi connectivity index (χ0v) is 14.9. The van der Waals surface area contributed by atoms with Gasteiger partial charge in [0.05, 0.1) is 6.54 Å². The highest BCUT2D eigenvalue weighted by atomic mass is 79.9. The van der Waals surface area contributed by atoms with Crippen molar-refractivity contribution in [2.45, 2.75) is 43.0 Å². The molecule has 7 heteroatoms. The summed E-state index contributed by atoms with van der Waals surface area (Å²) < 4.78 is 0. The molecule has 0 radical (unpaired) electrons. The maximum Gasteiger partial charge on any atom is 0.360 e. The van der Waals surface area contributed by atoms with E-state index in [1.165, 1.54) is 5.57 Å². The number of β-amino-alcohol motifs (C(OH)–C–C–N with tert-alkyl or cyclic N) is 1. The highest BCUT2D eigenvalue weighted by Gasteiger charge is 2.41. The normalized spacial score (nSPS) is 29.4. The number of carbonyl (C=O) groups is 2. The number of rotatable bonds is 4. The smallest absolute Gasteiger partial charge is 0.360 e. The topological polar surface area (TPSA) is 90.2 Å². The lowest BCUT2D eigenvalue weighted by molar-refractivity contribution is -0.132. The van der Waals surface area contributed by atoms with Crippen molar-refractivity contribution >= 4 is 33.4 Å². The number of ketones is 1. The third kappa shape index (κ3) is 3.32.